The highest BCUT2D eigenvalue weighted by molar-refractivity contribution is 5.76. The molecule has 1 aromatic rings. The first kappa shape index (κ1) is 10.4. The molecule has 4 heteroatoms. The summed E-state index contributed by atoms with van der Waals surface area (Å²) in [7, 11) is 0. The fourth-order valence-electron chi connectivity index (χ4n) is 1.03. The average molecular weight is 192 g/mol. The minimum Gasteiger partial charge on any atom is -0.352 e. The van der Waals surface area contributed by atoms with Crippen LogP contribution in [0, 0.1) is 4.91 Å². The van der Waals surface area contributed by atoms with Crippen molar-refractivity contribution >= 4 is 5.91 Å². The molecular formula is C10H12N2O2. The summed E-state index contributed by atoms with van der Waals surface area (Å²) < 4.78 is 0. The summed E-state index contributed by atoms with van der Waals surface area (Å²) in [5.41, 5.74) is 1.04. The van der Waals surface area contributed by atoms with Gasteiger partial charge in [0.15, 0.2) is 0 Å². The lowest BCUT2D eigenvalue weighted by molar-refractivity contribution is -0.121. The molecule has 0 fully saturated rings. The summed E-state index contributed by atoms with van der Waals surface area (Å²) in [6, 6.07) is 9.60. The molecule has 1 amide bonds. The number of nitrogens with zero attached hydrogens (tertiary/aromatic N) is 1. The van der Waals surface area contributed by atoms with Crippen molar-refractivity contribution < 1.29 is 4.79 Å². The van der Waals surface area contributed by atoms with Gasteiger partial charge in [0, 0.05) is 13.0 Å². The van der Waals surface area contributed by atoms with Crippen LogP contribution in [0.2, 0.25) is 0 Å². The molecule has 0 spiro atoms. The maximum Gasteiger partial charge on any atom is 0.222 e. The first-order valence-electron chi connectivity index (χ1n) is 4.42. The fraction of sp³-hybridized carbons (Fsp3) is 0.300. The summed E-state index contributed by atoms with van der Waals surface area (Å²) in [6.45, 7) is 0.541. The molecule has 1 rings (SSSR count). The topological polar surface area (TPSA) is 58.5 Å². The maximum atomic E-state index is 11.1. The van der Waals surface area contributed by atoms with E-state index in [1.807, 2.05) is 30.3 Å². The van der Waals surface area contributed by atoms with Crippen LogP contribution in [0.3, 0.4) is 0 Å². The SMILES string of the molecule is O=NCCC(=O)NCc1ccccc1. The van der Waals surface area contributed by atoms with E-state index in [2.05, 4.69) is 10.5 Å². The van der Waals surface area contributed by atoms with Crippen molar-refractivity contribution in [2.24, 2.45) is 5.18 Å². The Morgan fingerprint density at radius 3 is 2.64 bits per heavy atom. The predicted molar refractivity (Wildman–Crippen MR) is 53.6 cm³/mol. The second-order valence-electron chi connectivity index (χ2n) is 2.87. The summed E-state index contributed by atoms with van der Waals surface area (Å²) in [5.74, 6) is -0.145. The minimum absolute atomic E-state index is 0.0423. The highest BCUT2D eigenvalue weighted by atomic mass is 16.3. The van der Waals surface area contributed by atoms with Crippen LogP contribution >= 0.6 is 0 Å². The predicted octanol–water partition coefficient (Wildman–Crippen LogP) is 1.46. The molecule has 74 valence electrons. The molecule has 4 nitrogen and oxygen atoms in total. The second-order valence-corrected chi connectivity index (χ2v) is 2.87. The molecule has 1 aromatic carbocycles. The van der Waals surface area contributed by atoms with E-state index in [1.165, 1.54) is 0 Å². The molecule has 0 bridgehead atoms. The van der Waals surface area contributed by atoms with Crippen LogP contribution in [0.5, 0.6) is 0 Å². The van der Waals surface area contributed by atoms with Gasteiger partial charge in [0.1, 0.15) is 0 Å². The van der Waals surface area contributed by atoms with Crippen LogP contribution in [0.25, 0.3) is 0 Å². The Morgan fingerprint density at radius 1 is 1.29 bits per heavy atom. The van der Waals surface area contributed by atoms with Gasteiger partial charge in [-0.3, -0.25) is 4.79 Å². The average Bonchev–Trinajstić information content (AvgIpc) is 2.25. The number of nitroso groups, excluding NO2 is 1. The van der Waals surface area contributed by atoms with Gasteiger partial charge in [-0.25, -0.2) is 0 Å². The van der Waals surface area contributed by atoms with Crippen LogP contribution in [-0.4, -0.2) is 12.5 Å². The number of rotatable bonds is 5. The monoisotopic (exact) mass is 192 g/mol. The smallest absolute Gasteiger partial charge is 0.222 e. The standard InChI is InChI=1S/C10H12N2O2/c13-10(6-7-12-14)11-8-9-4-2-1-3-5-9/h1-5H,6-8H2,(H,11,13). The molecule has 0 heterocycles. The van der Waals surface area contributed by atoms with Crippen LogP contribution in [0.1, 0.15) is 12.0 Å². The number of hydrogen-bond acceptors (Lipinski definition) is 3. The molecule has 0 aliphatic carbocycles. The molecule has 0 aliphatic rings. The zero-order chi connectivity index (χ0) is 10.2. The molecule has 0 aliphatic heterocycles. The van der Waals surface area contributed by atoms with Crippen LogP contribution in [0.4, 0.5) is 0 Å². The number of amides is 1. The van der Waals surface area contributed by atoms with E-state index < -0.39 is 0 Å². The van der Waals surface area contributed by atoms with Gasteiger partial charge < -0.3 is 5.32 Å². The van der Waals surface area contributed by atoms with Crippen molar-refractivity contribution in [2.75, 3.05) is 6.54 Å². The van der Waals surface area contributed by atoms with Crippen LogP contribution in [0.15, 0.2) is 35.5 Å². The minimum atomic E-state index is -0.145. The molecule has 0 saturated carbocycles. The Balaban J connectivity index is 2.27. The second kappa shape index (κ2) is 5.85. The fourth-order valence-corrected chi connectivity index (χ4v) is 1.03. The van der Waals surface area contributed by atoms with Gasteiger partial charge in [0.25, 0.3) is 0 Å². The quantitative estimate of drug-likeness (QED) is 0.718. The molecule has 0 atom stereocenters. The Hall–Kier alpha value is -1.71. The summed E-state index contributed by atoms with van der Waals surface area (Å²) >= 11 is 0. The van der Waals surface area contributed by atoms with E-state index in [0.717, 1.165) is 5.56 Å². The van der Waals surface area contributed by atoms with E-state index in [4.69, 9.17) is 0 Å². The van der Waals surface area contributed by atoms with Gasteiger partial charge in [-0.15, -0.1) is 0 Å². The van der Waals surface area contributed by atoms with Crippen molar-refractivity contribution in [1.82, 2.24) is 5.32 Å². The molecule has 1 N–H and O–H groups in total. The molecule has 0 radical (unpaired) electrons. The molecule has 0 aromatic heterocycles. The van der Waals surface area contributed by atoms with Crippen molar-refractivity contribution in [1.29, 1.82) is 0 Å². The van der Waals surface area contributed by atoms with Gasteiger partial charge in [-0.1, -0.05) is 35.5 Å². The van der Waals surface area contributed by atoms with Crippen LogP contribution < -0.4 is 5.32 Å². The highest BCUT2D eigenvalue weighted by Gasteiger charge is 1.99. The van der Waals surface area contributed by atoms with E-state index >= 15 is 0 Å². The lowest BCUT2D eigenvalue weighted by Crippen LogP contribution is -2.22. The Labute approximate surface area is 82.3 Å². The van der Waals surface area contributed by atoms with Gasteiger partial charge in [0.05, 0.1) is 6.54 Å². The van der Waals surface area contributed by atoms with Gasteiger partial charge in [-0.2, -0.15) is 4.91 Å². The lowest BCUT2D eigenvalue weighted by Gasteiger charge is -2.02. The first-order chi connectivity index (χ1) is 6.83. The first-order valence-corrected chi connectivity index (χ1v) is 4.42. The van der Waals surface area contributed by atoms with Crippen molar-refractivity contribution in [3.05, 3.63) is 40.8 Å². The van der Waals surface area contributed by atoms with Crippen LogP contribution in [-0.2, 0) is 11.3 Å². The molecule has 0 unspecified atom stereocenters. The van der Waals surface area contributed by atoms with Gasteiger partial charge in [0.2, 0.25) is 5.91 Å². The summed E-state index contributed by atoms with van der Waals surface area (Å²) in [5, 5.41) is 5.32. The summed E-state index contributed by atoms with van der Waals surface area (Å²) in [6.07, 6.45) is 0.163. The lowest BCUT2D eigenvalue weighted by atomic mass is 10.2. The van der Waals surface area contributed by atoms with Gasteiger partial charge >= 0.3 is 0 Å². The zero-order valence-electron chi connectivity index (χ0n) is 7.77. The van der Waals surface area contributed by atoms with E-state index in [9.17, 15) is 9.70 Å². The third-order valence-corrected chi connectivity index (χ3v) is 1.76. The Kier molecular flexibility index (Phi) is 4.34. The molecular weight excluding hydrogens is 180 g/mol. The number of hydrogen-bond donors (Lipinski definition) is 1. The highest BCUT2D eigenvalue weighted by Crippen LogP contribution is 1.97. The number of benzene rings is 1. The molecule has 14 heavy (non-hydrogen) atoms. The van der Waals surface area contributed by atoms with Crippen molar-refractivity contribution in [3.63, 3.8) is 0 Å². The van der Waals surface area contributed by atoms with E-state index in [0.29, 0.717) is 6.54 Å². The Bertz CT molecular complexity index is 298. The third kappa shape index (κ3) is 3.80. The largest absolute Gasteiger partial charge is 0.352 e. The number of nitrogens with one attached hydrogen (secondary N) is 1. The van der Waals surface area contributed by atoms with Crippen molar-refractivity contribution in [2.45, 2.75) is 13.0 Å². The van der Waals surface area contributed by atoms with Gasteiger partial charge in [-0.05, 0) is 5.56 Å². The number of carbonyl (C=O) groups excluding carboxylic acids is 1. The Morgan fingerprint density at radius 2 is 2.00 bits per heavy atom. The summed E-state index contributed by atoms with van der Waals surface area (Å²) in [4.78, 5) is 20.8. The van der Waals surface area contributed by atoms with E-state index in [-0.39, 0.29) is 18.9 Å². The maximum absolute atomic E-state index is 11.1. The number of carbonyl (C=O) groups is 1. The van der Waals surface area contributed by atoms with E-state index in [1.54, 1.807) is 0 Å². The van der Waals surface area contributed by atoms with Crippen molar-refractivity contribution in [3.8, 4) is 0 Å². The third-order valence-electron chi connectivity index (χ3n) is 1.76. The molecule has 0 saturated heterocycles. The normalized spacial score (nSPS) is 9.43. The zero-order valence-corrected chi connectivity index (χ0v) is 7.77.